The van der Waals surface area contributed by atoms with E-state index in [2.05, 4.69) is 44.2 Å². The number of hydrogen-bond acceptors (Lipinski definition) is 5. The van der Waals surface area contributed by atoms with E-state index >= 15 is 0 Å². The SMILES string of the molecule is CN(C)CC(C)(C)CNC(=O)c1ccc(-c2ncn[nH]2)nc1. The first-order valence-electron chi connectivity index (χ1n) is 7.12. The summed E-state index contributed by atoms with van der Waals surface area (Å²) in [7, 11) is 4.05. The van der Waals surface area contributed by atoms with Gasteiger partial charge < -0.3 is 10.2 Å². The van der Waals surface area contributed by atoms with Crippen LogP contribution in [0.3, 0.4) is 0 Å². The predicted molar refractivity (Wildman–Crippen MR) is 84.3 cm³/mol. The lowest BCUT2D eigenvalue weighted by molar-refractivity contribution is 0.0929. The summed E-state index contributed by atoms with van der Waals surface area (Å²) < 4.78 is 0. The average molecular weight is 302 g/mol. The minimum absolute atomic E-state index is 0.00632. The molecule has 0 radical (unpaired) electrons. The van der Waals surface area contributed by atoms with Gasteiger partial charge in [-0.1, -0.05) is 13.8 Å². The molecule has 0 saturated heterocycles. The second-order valence-corrected chi connectivity index (χ2v) is 6.35. The van der Waals surface area contributed by atoms with E-state index in [1.54, 1.807) is 18.3 Å². The van der Waals surface area contributed by atoms with Gasteiger partial charge in [-0.05, 0) is 31.6 Å². The molecule has 0 saturated carbocycles. The van der Waals surface area contributed by atoms with Crippen molar-refractivity contribution in [2.24, 2.45) is 5.41 Å². The highest BCUT2D eigenvalue weighted by Crippen LogP contribution is 2.15. The Labute approximate surface area is 130 Å². The lowest BCUT2D eigenvalue weighted by Gasteiger charge is -2.28. The molecule has 118 valence electrons. The van der Waals surface area contributed by atoms with Gasteiger partial charge in [0.2, 0.25) is 0 Å². The molecular weight excluding hydrogens is 280 g/mol. The van der Waals surface area contributed by atoms with Gasteiger partial charge in [-0.3, -0.25) is 14.9 Å². The predicted octanol–water partition coefficient (Wildman–Crippen LogP) is 1.18. The normalized spacial score (nSPS) is 11.7. The molecule has 0 aliphatic heterocycles. The quantitative estimate of drug-likeness (QED) is 0.837. The maximum Gasteiger partial charge on any atom is 0.252 e. The van der Waals surface area contributed by atoms with Crippen molar-refractivity contribution in [3.8, 4) is 11.5 Å². The largest absolute Gasteiger partial charge is 0.351 e. The average Bonchev–Trinajstić information content (AvgIpc) is 2.98. The smallest absolute Gasteiger partial charge is 0.252 e. The van der Waals surface area contributed by atoms with E-state index in [1.807, 2.05) is 14.1 Å². The molecule has 2 N–H and O–H groups in total. The van der Waals surface area contributed by atoms with Gasteiger partial charge in [0.05, 0.1) is 5.56 Å². The van der Waals surface area contributed by atoms with E-state index in [4.69, 9.17) is 0 Å². The topological polar surface area (TPSA) is 86.8 Å². The van der Waals surface area contributed by atoms with Gasteiger partial charge in [0.1, 0.15) is 12.0 Å². The van der Waals surface area contributed by atoms with E-state index in [0.717, 1.165) is 6.54 Å². The van der Waals surface area contributed by atoms with Crippen molar-refractivity contribution in [3.05, 3.63) is 30.2 Å². The third kappa shape index (κ3) is 4.36. The van der Waals surface area contributed by atoms with Crippen LogP contribution in [0.5, 0.6) is 0 Å². The van der Waals surface area contributed by atoms with Crippen LogP contribution in [-0.2, 0) is 0 Å². The van der Waals surface area contributed by atoms with E-state index in [1.165, 1.54) is 6.33 Å². The van der Waals surface area contributed by atoms with Gasteiger partial charge in [0.25, 0.3) is 5.91 Å². The molecular formula is C15H22N6O. The Bertz CT molecular complexity index is 603. The highest BCUT2D eigenvalue weighted by molar-refractivity contribution is 5.94. The Morgan fingerprint density at radius 2 is 2.09 bits per heavy atom. The zero-order valence-electron chi connectivity index (χ0n) is 13.4. The Balaban J connectivity index is 1.96. The van der Waals surface area contributed by atoms with Crippen LogP contribution in [0, 0.1) is 5.41 Å². The summed E-state index contributed by atoms with van der Waals surface area (Å²) in [6, 6.07) is 3.49. The van der Waals surface area contributed by atoms with E-state index in [9.17, 15) is 4.79 Å². The third-order valence-corrected chi connectivity index (χ3v) is 3.16. The number of rotatable bonds is 6. The molecule has 0 aliphatic rings. The number of amides is 1. The van der Waals surface area contributed by atoms with Crippen molar-refractivity contribution >= 4 is 5.91 Å². The molecule has 0 unspecified atom stereocenters. The molecule has 2 rings (SSSR count). The highest BCUT2D eigenvalue weighted by atomic mass is 16.1. The number of carbonyl (C=O) groups is 1. The maximum absolute atomic E-state index is 12.2. The number of nitrogens with zero attached hydrogens (tertiary/aromatic N) is 4. The van der Waals surface area contributed by atoms with Crippen LogP contribution in [0.2, 0.25) is 0 Å². The summed E-state index contributed by atoms with van der Waals surface area (Å²) in [5.41, 5.74) is 1.19. The Morgan fingerprint density at radius 3 is 2.64 bits per heavy atom. The first kappa shape index (κ1) is 16.1. The van der Waals surface area contributed by atoms with Crippen LogP contribution >= 0.6 is 0 Å². The van der Waals surface area contributed by atoms with Crippen LogP contribution in [0.25, 0.3) is 11.5 Å². The van der Waals surface area contributed by atoms with Crippen molar-refractivity contribution in [2.75, 3.05) is 27.2 Å². The van der Waals surface area contributed by atoms with E-state index in [0.29, 0.717) is 23.6 Å². The van der Waals surface area contributed by atoms with Crippen LogP contribution in [0.4, 0.5) is 0 Å². The monoisotopic (exact) mass is 302 g/mol. The molecule has 7 nitrogen and oxygen atoms in total. The standard InChI is InChI=1S/C15H22N6O/c1-15(2,9-21(3)4)8-17-14(22)11-5-6-12(16-7-11)13-18-10-19-20-13/h5-7,10H,8-9H2,1-4H3,(H,17,22)(H,18,19,20). The Hall–Kier alpha value is -2.28. The summed E-state index contributed by atoms with van der Waals surface area (Å²) in [5.74, 6) is 0.461. The number of H-pyrrole nitrogens is 1. The number of nitrogens with one attached hydrogen (secondary N) is 2. The van der Waals surface area contributed by atoms with Crippen molar-refractivity contribution in [2.45, 2.75) is 13.8 Å². The lowest BCUT2D eigenvalue weighted by Crippen LogP contribution is -2.40. The number of aromatic nitrogens is 4. The molecule has 0 aliphatic carbocycles. The second kappa shape index (κ2) is 6.65. The van der Waals surface area contributed by atoms with Gasteiger partial charge in [0, 0.05) is 19.3 Å². The van der Waals surface area contributed by atoms with E-state index in [-0.39, 0.29) is 11.3 Å². The summed E-state index contributed by atoms with van der Waals surface area (Å²) >= 11 is 0. The fourth-order valence-electron chi connectivity index (χ4n) is 2.33. The van der Waals surface area contributed by atoms with Crippen molar-refractivity contribution in [1.29, 1.82) is 0 Å². The molecule has 2 heterocycles. The highest BCUT2D eigenvalue weighted by Gasteiger charge is 2.20. The molecule has 22 heavy (non-hydrogen) atoms. The van der Waals surface area contributed by atoms with Crippen molar-refractivity contribution < 1.29 is 4.79 Å². The van der Waals surface area contributed by atoms with Gasteiger partial charge in [-0.2, -0.15) is 5.10 Å². The Kier molecular flexibility index (Phi) is 4.87. The zero-order valence-corrected chi connectivity index (χ0v) is 13.4. The van der Waals surface area contributed by atoms with Crippen LogP contribution in [0.1, 0.15) is 24.2 Å². The second-order valence-electron chi connectivity index (χ2n) is 6.35. The van der Waals surface area contributed by atoms with Crippen molar-refractivity contribution in [1.82, 2.24) is 30.4 Å². The minimum Gasteiger partial charge on any atom is -0.351 e. The van der Waals surface area contributed by atoms with E-state index < -0.39 is 0 Å². The van der Waals surface area contributed by atoms with Gasteiger partial charge >= 0.3 is 0 Å². The van der Waals surface area contributed by atoms with Crippen LogP contribution in [-0.4, -0.2) is 58.2 Å². The molecule has 0 atom stereocenters. The molecule has 2 aromatic rings. The molecule has 0 fully saturated rings. The third-order valence-electron chi connectivity index (χ3n) is 3.16. The first-order valence-corrected chi connectivity index (χ1v) is 7.12. The zero-order chi connectivity index (χ0) is 16.2. The number of hydrogen-bond donors (Lipinski definition) is 2. The number of pyridine rings is 1. The summed E-state index contributed by atoms with van der Waals surface area (Å²) in [6.07, 6.45) is 2.97. The first-order chi connectivity index (χ1) is 10.4. The molecule has 2 aromatic heterocycles. The molecule has 0 aromatic carbocycles. The molecule has 0 spiro atoms. The van der Waals surface area contributed by atoms with Crippen molar-refractivity contribution in [3.63, 3.8) is 0 Å². The van der Waals surface area contributed by atoms with Crippen LogP contribution < -0.4 is 5.32 Å². The summed E-state index contributed by atoms with van der Waals surface area (Å²) in [6.45, 7) is 5.75. The number of carbonyl (C=O) groups excluding carboxylic acids is 1. The molecule has 1 amide bonds. The minimum atomic E-state index is -0.122. The number of aromatic amines is 1. The molecule has 7 heteroatoms. The summed E-state index contributed by atoms with van der Waals surface area (Å²) in [5, 5.41) is 9.47. The lowest BCUT2D eigenvalue weighted by atomic mass is 9.93. The Morgan fingerprint density at radius 1 is 1.32 bits per heavy atom. The fourth-order valence-corrected chi connectivity index (χ4v) is 2.33. The molecule has 0 bridgehead atoms. The van der Waals surface area contributed by atoms with Crippen LogP contribution in [0.15, 0.2) is 24.7 Å². The van der Waals surface area contributed by atoms with Gasteiger partial charge in [0.15, 0.2) is 5.82 Å². The van der Waals surface area contributed by atoms with Gasteiger partial charge in [-0.25, -0.2) is 4.98 Å². The van der Waals surface area contributed by atoms with Gasteiger partial charge in [-0.15, -0.1) is 0 Å². The maximum atomic E-state index is 12.2. The summed E-state index contributed by atoms with van der Waals surface area (Å²) in [4.78, 5) is 22.5. The fraction of sp³-hybridized carbons (Fsp3) is 0.467.